The first-order valence-electron chi connectivity index (χ1n) is 7.87. The molecule has 0 bridgehead atoms. The molecule has 0 atom stereocenters. The Labute approximate surface area is 141 Å². The molecule has 0 unspecified atom stereocenters. The number of methoxy groups -OCH3 is 2. The van der Waals surface area contributed by atoms with Crippen molar-refractivity contribution >= 4 is 17.5 Å². The Morgan fingerprint density at radius 2 is 1.88 bits per heavy atom. The van der Waals surface area contributed by atoms with Crippen LogP contribution >= 0.6 is 0 Å². The molecule has 0 radical (unpaired) electrons. The molecule has 7 nitrogen and oxygen atoms in total. The van der Waals surface area contributed by atoms with Gasteiger partial charge in [0.2, 0.25) is 5.95 Å². The van der Waals surface area contributed by atoms with E-state index < -0.39 is 0 Å². The van der Waals surface area contributed by atoms with E-state index in [-0.39, 0.29) is 0 Å². The van der Waals surface area contributed by atoms with Gasteiger partial charge in [-0.15, -0.1) is 0 Å². The number of hydrogen-bond donors (Lipinski definition) is 1. The second-order valence-corrected chi connectivity index (χ2v) is 5.49. The van der Waals surface area contributed by atoms with Gasteiger partial charge in [0, 0.05) is 30.9 Å². The molecule has 128 valence electrons. The van der Waals surface area contributed by atoms with Crippen LogP contribution in [0.3, 0.4) is 0 Å². The van der Waals surface area contributed by atoms with Gasteiger partial charge >= 0.3 is 0 Å². The van der Waals surface area contributed by atoms with Crippen LogP contribution in [0.15, 0.2) is 24.3 Å². The fourth-order valence-electron chi connectivity index (χ4n) is 2.57. The van der Waals surface area contributed by atoms with Crippen molar-refractivity contribution in [3.63, 3.8) is 0 Å². The summed E-state index contributed by atoms with van der Waals surface area (Å²) in [6.45, 7) is 4.95. The zero-order valence-corrected chi connectivity index (χ0v) is 14.2. The van der Waals surface area contributed by atoms with Crippen molar-refractivity contribution in [2.45, 2.75) is 6.92 Å². The number of hydrogen-bond acceptors (Lipinski definition) is 7. The van der Waals surface area contributed by atoms with Crippen LogP contribution in [0.5, 0.6) is 11.5 Å². The second-order valence-electron chi connectivity index (χ2n) is 5.49. The first-order valence-corrected chi connectivity index (χ1v) is 7.87. The van der Waals surface area contributed by atoms with Crippen LogP contribution in [0.2, 0.25) is 0 Å². The Hall–Kier alpha value is -2.54. The highest BCUT2D eigenvalue weighted by molar-refractivity contribution is 5.67. The molecular weight excluding hydrogens is 308 g/mol. The summed E-state index contributed by atoms with van der Waals surface area (Å²) in [5.41, 5.74) is 1.69. The van der Waals surface area contributed by atoms with E-state index >= 15 is 0 Å². The summed E-state index contributed by atoms with van der Waals surface area (Å²) >= 11 is 0. The molecule has 1 aromatic heterocycles. The molecule has 0 amide bonds. The van der Waals surface area contributed by atoms with E-state index in [9.17, 15) is 0 Å². The standard InChI is InChI=1S/C17H22N4O3/c1-12-10-16(20-17(18-12)21-6-8-24-9-7-21)19-14-11-13(22-2)4-5-15(14)23-3/h4-5,10-11H,6-9H2,1-3H3,(H,18,19,20). The lowest BCUT2D eigenvalue weighted by molar-refractivity contribution is 0.122. The number of ether oxygens (including phenoxy) is 3. The molecule has 1 aliphatic heterocycles. The fourth-order valence-corrected chi connectivity index (χ4v) is 2.57. The maximum Gasteiger partial charge on any atom is 0.227 e. The van der Waals surface area contributed by atoms with Gasteiger partial charge in [0.05, 0.1) is 33.1 Å². The molecule has 1 fully saturated rings. The lowest BCUT2D eigenvalue weighted by atomic mass is 10.2. The van der Waals surface area contributed by atoms with E-state index in [1.807, 2.05) is 31.2 Å². The first kappa shape index (κ1) is 16.3. The number of aromatic nitrogens is 2. The quantitative estimate of drug-likeness (QED) is 0.902. The maximum atomic E-state index is 5.41. The minimum Gasteiger partial charge on any atom is -0.497 e. The van der Waals surface area contributed by atoms with Crippen LogP contribution in [0, 0.1) is 6.92 Å². The van der Waals surface area contributed by atoms with Gasteiger partial charge in [-0.1, -0.05) is 0 Å². The zero-order valence-electron chi connectivity index (χ0n) is 14.2. The van der Waals surface area contributed by atoms with Gasteiger partial charge in [-0.05, 0) is 19.1 Å². The molecule has 1 aromatic carbocycles. The van der Waals surface area contributed by atoms with Gasteiger partial charge in [-0.25, -0.2) is 4.98 Å². The molecule has 7 heteroatoms. The molecule has 1 N–H and O–H groups in total. The third kappa shape index (κ3) is 3.68. The van der Waals surface area contributed by atoms with Crippen molar-refractivity contribution in [1.82, 2.24) is 9.97 Å². The number of anilines is 3. The minimum absolute atomic E-state index is 0.698. The summed E-state index contributed by atoms with van der Waals surface area (Å²) in [4.78, 5) is 11.3. The summed E-state index contributed by atoms with van der Waals surface area (Å²) in [5, 5.41) is 3.30. The summed E-state index contributed by atoms with van der Waals surface area (Å²) < 4.78 is 16.1. The molecule has 1 saturated heterocycles. The van der Waals surface area contributed by atoms with Crippen molar-refractivity contribution in [2.24, 2.45) is 0 Å². The average Bonchev–Trinajstić information content (AvgIpc) is 2.62. The van der Waals surface area contributed by atoms with Gasteiger partial charge in [-0.3, -0.25) is 0 Å². The third-order valence-corrected chi connectivity index (χ3v) is 3.81. The summed E-state index contributed by atoms with van der Waals surface area (Å²) in [6, 6.07) is 7.50. The summed E-state index contributed by atoms with van der Waals surface area (Å²) in [6.07, 6.45) is 0. The second kappa shape index (κ2) is 7.35. The Balaban J connectivity index is 1.88. The number of benzene rings is 1. The molecule has 2 aromatic rings. The highest BCUT2D eigenvalue weighted by Crippen LogP contribution is 2.31. The SMILES string of the molecule is COc1ccc(OC)c(Nc2cc(C)nc(N3CCOCC3)n2)c1. The van der Waals surface area contributed by atoms with Crippen LogP contribution in [-0.4, -0.2) is 50.5 Å². The van der Waals surface area contributed by atoms with Gasteiger partial charge in [-0.2, -0.15) is 4.98 Å². The number of nitrogens with one attached hydrogen (secondary N) is 1. The fraction of sp³-hybridized carbons (Fsp3) is 0.412. The zero-order chi connectivity index (χ0) is 16.9. The van der Waals surface area contributed by atoms with E-state index in [0.717, 1.165) is 41.8 Å². The number of nitrogens with zero attached hydrogens (tertiary/aromatic N) is 3. The van der Waals surface area contributed by atoms with Crippen molar-refractivity contribution in [2.75, 3.05) is 50.7 Å². The van der Waals surface area contributed by atoms with Crippen LogP contribution in [0.4, 0.5) is 17.5 Å². The highest BCUT2D eigenvalue weighted by Gasteiger charge is 2.15. The van der Waals surface area contributed by atoms with Gasteiger partial charge in [0.1, 0.15) is 17.3 Å². The number of rotatable bonds is 5. The molecule has 0 aliphatic carbocycles. The van der Waals surface area contributed by atoms with Gasteiger partial charge < -0.3 is 24.4 Å². The Morgan fingerprint density at radius 3 is 2.58 bits per heavy atom. The Kier molecular flexibility index (Phi) is 5.00. The Morgan fingerprint density at radius 1 is 1.08 bits per heavy atom. The van der Waals surface area contributed by atoms with E-state index in [1.54, 1.807) is 14.2 Å². The molecule has 2 heterocycles. The summed E-state index contributed by atoms with van der Waals surface area (Å²) in [7, 11) is 3.27. The monoisotopic (exact) mass is 330 g/mol. The lowest BCUT2D eigenvalue weighted by Crippen LogP contribution is -2.37. The normalized spacial score (nSPS) is 14.4. The molecule has 3 rings (SSSR count). The smallest absolute Gasteiger partial charge is 0.227 e. The molecular formula is C17H22N4O3. The van der Waals surface area contributed by atoms with Crippen LogP contribution in [0.25, 0.3) is 0 Å². The first-order chi connectivity index (χ1) is 11.7. The summed E-state index contributed by atoms with van der Waals surface area (Å²) in [5.74, 6) is 2.90. The van der Waals surface area contributed by atoms with Crippen molar-refractivity contribution < 1.29 is 14.2 Å². The Bertz CT molecular complexity index is 702. The van der Waals surface area contributed by atoms with Crippen LogP contribution in [-0.2, 0) is 4.74 Å². The maximum absolute atomic E-state index is 5.41. The molecule has 0 saturated carbocycles. The predicted octanol–water partition coefficient (Wildman–Crippen LogP) is 2.38. The predicted molar refractivity (Wildman–Crippen MR) is 92.6 cm³/mol. The topological polar surface area (TPSA) is 68.7 Å². The molecule has 1 aliphatic rings. The van der Waals surface area contributed by atoms with E-state index in [4.69, 9.17) is 14.2 Å². The van der Waals surface area contributed by atoms with E-state index in [1.165, 1.54) is 0 Å². The largest absolute Gasteiger partial charge is 0.497 e. The van der Waals surface area contributed by atoms with Gasteiger partial charge in [0.25, 0.3) is 0 Å². The van der Waals surface area contributed by atoms with Crippen molar-refractivity contribution in [1.29, 1.82) is 0 Å². The molecule has 0 spiro atoms. The number of aryl methyl sites for hydroxylation is 1. The number of morpholine rings is 1. The van der Waals surface area contributed by atoms with Crippen LogP contribution in [0.1, 0.15) is 5.69 Å². The molecule has 24 heavy (non-hydrogen) atoms. The van der Waals surface area contributed by atoms with E-state index in [2.05, 4.69) is 20.2 Å². The minimum atomic E-state index is 0.698. The van der Waals surface area contributed by atoms with Crippen molar-refractivity contribution in [3.8, 4) is 11.5 Å². The van der Waals surface area contributed by atoms with Crippen LogP contribution < -0.4 is 19.7 Å². The third-order valence-electron chi connectivity index (χ3n) is 3.81. The average molecular weight is 330 g/mol. The van der Waals surface area contributed by atoms with E-state index in [0.29, 0.717) is 19.2 Å². The lowest BCUT2D eigenvalue weighted by Gasteiger charge is -2.27. The highest BCUT2D eigenvalue weighted by atomic mass is 16.5. The van der Waals surface area contributed by atoms with Gasteiger partial charge in [0.15, 0.2) is 0 Å². The van der Waals surface area contributed by atoms with Crippen molar-refractivity contribution in [3.05, 3.63) is 30.0 Å².